The van der Waals surface area contributed by atoms with E-state index in [0.717, 1.165) is 6.42 Å². The van der Waals surface area contributed by atoms with E-state index in [-0.39, 0.29) is 16.7 Å². The lowest BCUT2D eigenvalue weighted by Gasteiger charge is -2.26. The van der Waals surface area contributed by atoms with E-state index in [1.165, 1.54) is 0 Å². The van der Waals surface area contributed by atoms with Crippen molar-refractivity contribution in [3.8, 4) is 0 Å². The van der Waals surface area contributed by atoms with Crippen molar-refractivity contribution in [1.82, 2.24) is 5.32 Å². The van der Waals surface area contributed by atoms with Crippen molar-refractivity contribution in [2.24, 2.45) is 10.8 Å². The first kappa shape index (κ1) is 13.8. The minimum absolute atomic E-state index is 0.0267. The Balaban J connectivity index is 4.10. The maximum absolute atomic E-state index is 11.7. The van der Waals surface area contributed by atoms with Crippen LogP contribution in [-0.2, 0) is 4.79 Å². The maximum Gasteiger partial charge on any atom is 0.225 e. The lowest BCUT2D eigenvalue weighted by Crippen LogP contribution is -2.41. The number of rotatable bonds is 5. The number of alkyl halides is 1. The second-order valence-corrected chi connectivity index (χ2v) is 5.49. The van der Waals surface area contributed by atoms with Crippen LogP contribution in [0, 0.1) is 10.8 Å². The largest absolute Gasteiger partial charge is 0.355 e. The molecule has 0 atom stereocenters. The average molecular weight is 220 g/mol. The molecule has 0 fully saturated rings. The molecule has 0 aliphatic carbocycles. The Morgan fingerprint density at radius 2 is 1.79 bits per heavy atom. The van der Waals surface area contributed by atoms with Gasteiger partial charge in [0.2, 0.25) is 5.91 Å². The number of hydrogen-bond acceptors (Lipinski definition) is 1. The van der Waals surface area contributed by atoms with Crippen molar-refractivity contribution < 1.29 is 4.79 Å². The van der Waals surface area contributed by atoms with E-state index in [1.54, 1.807) is 0 Å². The van der Waals surface area contributed by atoms with Crippen LogP contribution in [0.15, 0.2) is 0 Å². The summed E-state index contributed by atoms with van der Waals surface area (Å²) in [6.07, 6.45) is 0.847. The summed E-state index contributed by atoms with van der Waals surface area (Å²) in [5, 5.41) is 2.94. The second-order valence-electron chi connectivity index (χ2n) is 5.22. The van der Waals surface area contributed by atoms with Gasteiger partial charge in [0.1, 0.15) is 0 Å². The average Bonchev–Trinajstić information content (AvgIpc) is 2.14. The van der Waals surface area contributed by atoms with Crippen LogP contribution in [0.4, 0.5) is 0 Å². The fourth-order valence-electron chi connectivity index (χ4n) is 0.767. The summed E-state index contributed by atoms with van der Waals surface area (Å²) in [6.45, 7) is 10.6. The molecule has 0 radical (unpaired) electrons. The van der Waals surface area contributed by atoms with Gasteiger partial charge in [-0.05, 0) is 11.8 Å². The maximum atomic E-state index is 11.7. The zero-order valence-electron chi connectivity index (χ0n) is 9.91. The Bertz CT molecular complexity index is 199. The molecular formula is C11H22ClNO. The number of hydrogen-bond donors (Lipinski definition) is 1. The standard InChI is InChI=1S/C11H22ClNO/c1-6-11(4,5)9(14)13-8-10(2,3)7-12/h6-8H2,1-5H3,(H,13,14). The molecule has 0 aromatic carbocycles. The quantitative estimate of drug-likeness (QED) is 0.708. The number of carbonyl (C=O) groups excluding carboxylic acids is 1. The van der Waals surface area contributed by atoms with Crippen LogP contribution in [0.25, 0.3) is 0 Å². The van der Waals surface area contributed by atoms with Gasteiger partial charge in [-0.25, -0.2) is 0 Å². The number of carbonyl (C=O) groups is 1. The lowest BCUT2D eigenvalue weighted by atomic mass is 9.88. The van der Waals surface area contributed by atoms with Gasteiger partial charge in [0.15, 0.2) is 0 Å². The number of nitrogens with one attached hydrogen (secondary N) is 1. The molecule has 1 N–H and O–H groups in total. The first-order valence-electron chi connectivity index (χ1n) is 5.09. The molecule has 0 bridgehead atoms. The van der Waals surface area contributed by atoms with Crippen LogP contribution in [0.1, 0.15) is 41.0 Å². The van der Waals surface area contributed by atoms with Gasteiger partial charge in [-0.2, -0.15) is 0 Å². The third-order valence-electron chi connectivity index (χ3n) is 2.59. The fraction of sp³-hybridized carbons (Fsp3) is 0.909. The van der Waals surface area contributed by atoms with Crippen LogP contribution in [-0.4, -0.2) is 18.3 Å². The Labute approximate surface area is 92.4 Å². The molecule has 84 valence electrons. The summed E-state index contributed by atoms with van der Waals surface area (Å²) >= 11 is 5.77. The Morgan fingerprint density at radius 1 is 1.29 bits per heavy atom. The molecule has 2 nitrogen and oxygen atoms in total. The van der Waals surface area contributed by atoms with Crippen molar-refractivity contribution >= 4 is 17.5 Å². The molecule has 0 aliphatic rings. The third-order valence-corrected chi connectivity index (χ3v) is 3.31. The van der Waals surface area contributed by atoms with E-state index in [1.807, 2.05) is 34.6 Å². The Morgan fingerprint density at radius 3 is 2.14 bits per heavy atom. The summed E-state index contributed by atoms with van der Waals surface area (Å²) in [5.74, 6) is 0.665. The first-order chi connectivity index (χ1) is 6.25. The van der Waals surface area contributed by atoms with E-state index in [2.05, 4.69) is 5.32 Å². The van der Waals surface area contributed by atoms with Gasteiger partial charge in [-0.1, -0.05) is 34.6 Å². The van der Waals surface area contributed by atoms with Gasteiger partial charge in [-0.15, -0.1) is 11.6 Å². The Kier molecular flexibility index (Phi) is 4.93. The zero-order valence-corrected chi connectivity index (χ0v) is 10.7. The SMILES string of the molecule is CCC(C)(C)C(=O)NCC(C)(C)CCl. The Hall–Kier alpha value is -0.240. The summed E-state index contributed by atoms with van der Waals surface area (Å²) in [7, 11) is 0. The summed E-state index contributed by atoms with van der Waals surface area (Å²) < 4.78 is 0. The molecule has 0 saturated carbocycles. The minimum atomic E-state index is -0.275. The molecule has 0 aromatic heterocycles. The molecule has 0 heterocycles. The van der Waals surface area contributed by atoms with Crippen molar-refractivity contribution in [1.29, 1.82) is 0 Å². The van der Waals surface area contributed by atoms with Crippen LogP contribution in [0.2, 0.25) is 0 Å². The van der Waals surface area contributed by atoms with Crippen molar-refractivity contribution in [3.05, 3.63) is 0 Å². The highest BCUT2D eigenvalue weighted by Crippen LogP contribution is 2.21. The van der Waals surface area contributed by atoms with E-state index in [4.69, 9.17) is 11.6 Å². The number of halogens is 1. The van der Waals surface area contributed by atoms with Gasteiger partial charge in [-0.3, -0.25) is 4.79 Å². The number of amides is 1. The molecule has 0 unspecified atom stereocenters. The molecule has 0 aliphatic heterocycles. The fourth-order valence-corrected chi connectivity index (χ4v) is 0.861. The lowest BCUT2D eigenvalue weighted by molar-refractivity contribution is -0.129. The first-order valence-corrected chi connectivity index (χ1v) is 5.63. The summed E-state index contributed by atoms with van der Waals surface area (Å²) in [4.78, 5) is 11.7. The highest BCUT2D eigenvalue weighted by atomic mass is 35.5. The highest BCUT2D eigenvalue weighted by molar-refractivity contribution is 6.18. The molecule has 0 aromatic rings. The topological polar surface area (TPSA) is 29.1 Å². The van der Waals surface area contributed by atoms with Crippen molar-refractivity contribution in [2.45, 2.75) is 41.0 Å². The monoisotopic (exact) mass is 219 g/mol. The predicted molar refractivity (Wildman–Crippen MR) is 61.6 cm³/mol. The zero-order chi connectivity index (χ0) is 11.4. The van der Waals surface area contributed by atoms with Gasteiger partial charge >= 0.3 is 0 Å². The molecule has 0 saturated heterocycles. The van der Waals surface area contributed by atoms with Gasteiger partial charge < -0.3 is 5.32 Å². The third kappa shape index (κ3) is 4.32. The summed E-state index contributed by atoms with van der Waals surface area (Å²) in [6, 6.07) is 0. The molecule has 1 amide bonds. The van der Waals surface area contributed by atoms with Gasteiger partial charge in [0.05, 0.1) is 0 Å². The normalized spacial score (nSPS) is 12.7. The van der Waals surface area contributed by atoms with E-state index >= 15 is 0 Å². The van der Waals surface area contributed by atoms with Gasteiger partial charge in [0, 0.05) is 17.8 Å². The van der Waals surface area contributed by atoms with Crippen molar-refractivity contribution in [3.63, 3.8) is 0 Å². The predicted octanol–water partition coefficient (Wildman–Crippen LogP) is 2.80. The van der Waals surface area contributed by atoms with Crippen LogP contribution >= 0.6 is 11.6 Å². The van der Waals surface area contributed by atoms with Crippen LogP contribution in [0.3, 0.4) is 0 Å². The second kappa shape index (κ2) is 5.01. The highest BCUT2D eigenvalue weighted by Gasteiger charge is 2.26. The molecule has 14 heavy (non-hydrogen) atoms. The van der Waals surface area contributed by atoms with E-state index in [9.17, 15) is 4.79 Å². The van der Waals surface area contributed by atoms with E-state index in [0.29, 0.717) is 12.4 Å². The summed E-state index contributed by atoms with van der Waals surface area (Å²) in [5.41, 5.74) is -0.302. The molecule has 3 heteroatoms. The molecule has 0 spiro atoms. The molecular weight excluding hydrogens is 198 g/mol. The van der Waals surface area contributed by atoms with Gasteiger partial charge in [0.25, 0.3) is 0 Å². The van der Waals surface area contributed by atoms with E-state index < -0.39 is 0 Å². The van der Waals surface area contributed by atoms with Crippen LogP contribution in [0.5, 0.6) is 0 Å². The van der Waals surface area contributed by atoms with Crippen molar-refractivity contribution in [2.75, 3.05) is 12.4 Å². The minimum Gasteiger partial charge on any atom is -0.355 e. The smallest absolute Gasteiger partial charge is 0.225 e. The molecule has 0 rings (SSSR count). The van der Waals surface area contributed by atoms with Crippen LogP contribution < -0.4 is 5.32 Å².